The Labute approximate surface area is 201 Å². The Balaban J connectivity index is 2.22. The normalized spacial score (nSPS) is 17.4. The largest absolute Gasteiger partial charge is 0.462 e. The summed E-state index contributed by atoms with van der Waals surface area (Å²) in [6.45, 7) is 11.1. The number of carbonyl (C=O) groups excluding carboxylic acids is 3. The van der Waals surface area contributed by atoms with E-state index in [4.69, 9.17) is 21.7 Å². The molecule has 0 spiro atoms. The van der Waals surface area contributed by atoms with Crippen molar-refractivity contribution in [1.82, 2.24) is 0 Å². The van der Waals surface area contributed by atoms with Crippen molar-refractivity contribution >= 4 is 69.7 Å². The van der Waals surface area contributed by atoms with Crippen LogP contribution in [0.15, 0.2) is 32.2 Å². The Morgan fingerprint density at radius 2 is 1.56 bits per heavy atom. The Kier molecular flexibility index (Phi) is 7.21. The minimum absolute atomic E-state index is 0.115. The predicted octanol–water partition coefficient (Wildman–Crippen LogP) is 5.00. The van der Waals surface area contributed by atoms with Gasteiger partial charge in [-0.05, 0) is 46.8 Å². The second kappa shape index (κ2) is 9.41. The van der Waals surface area contributed by atoms with Gasteiger partial charge in [-0.25, -0.2) is 9.59 Å². The average Bonchev–Trinajstić information content (AvgIpc) is 3.14. The lowest BCUT2D eigenvalue weighted by molar-refractivity contribution is -0.140. The summed E-state index contributed by atoms with van der Waals surface area (Å²) in [4.78, 5) is 40.5. The summed E-state index contributed by atoms with van der Waals surface area (Å²) < 4.78 is 11.1. The summed E-state index contributed by atoms with van der Waals surface area (Å²) in [5.41, 5.74) is 2.52. The van der Waals surface area contributed by atoms with Gasteiger partial charge in [-0.2, -0.15) is 0 Å². The van der Waals surface area contributed by atoms with Crippen molar-refractivity contribution in [1.29, 1.82) is 0 Å². The van der Waals surface area contributed by atoms with Crippen LogP contribution in [0.3, 0.4) is 0 Å². The molecular weight excluding hydrogens is 466 g/mol. The van der Waals surface area contributed by atoms with Crippen LogP contribution in [0.1, 0.15) is 45.7 Å². The standard InChI is InChI=1S/C23H25NO5S3/c1-7-28-20(26)17-18(21(27)29-8-2)32-22(31-17)16-14-11-12(3)9-10-15(14)24(13(4)25)23(5,6)19(16)30/h9-11H,7-8H2,1-6H3. The zero-order valence-electron chi connectivity index (χ0n) is 18.9. The second-order valence-electron chi connectivity index (χ2n) is 7.73. The highest BCUT2D eigenvalue weighted by atomic mass is 32.2. The van der Waals surface area contributed by atoms with Crippen LogP contribution in [0.4, 0.5) is 5.69 Å². The van der Waals surface area contributed by atoms with Gasteiger partial charge < -0.3 is 14.4 Å². The molecule has 1 amide bonds. The molecular formula is C23H25NO5S3. The monoisotopic (exact) mass is 491 g/mol. The number of aryl methyl sites for hydroxylation is 1. The van der Waals surface area contributed by atoms with Gasteiger partial charge in [0.1, 0.15) is 9.81 Å². The van der Waals surface area contributed by atoms with E-state index in [2.05, 4.69) is 0 Å². The van der Waals surface area contributed by atoms with E-state index in [0.717, 1.165) is 22.4 Å². The number of hydrogen-bond donors (Lipinski definition) is 0. The summed E-state index contributed by atoms with van der Waals surface area (Å²) in [6.07, 6.45) is 0. The molecule has 2 heterocycles. The quantitative estimate of drug-likeness (QED) is 0.331. The molecule has 0 aromatic heterocycles. The van der Waals surface area contributed by atoms with Gasteiger partial charge in [0.25, 0.3) is 0 Å². The highest BCUT2D eigenvalue weighted by Gasteiger charge is 2.45. The van der Waals surface area contributed by atoms with Gasteiger partial charge in [-0.3, -0.25) is 4.79 Å². The topological polar surface area (TPSA) is 72.9 Å². The molecule has 9 heteroatoms. The molecule has 170 valence electrons. The van der Waals surface area contributed by atoms with Crippen LogP contribution < -0.4 is 4.90 Å². The van der Waals surface area contributed by atoms with E-state index in [-0.39, 0.29) is 28.9 Å². The first-order chi connectivity index (χ1) is 15.0. The third-order valence-electron chi connectivity index (χ3n) is 5.04. The average molecular weight is 492 g/mol. The van der Waals surface area contributed by atoms with Crippen LogP contribution in [0.25, 0.3) is 5.57 Å². The highest BCUT2D eigenvalue weighted by Crippen LogP contribution is 2.56. The van der Waals surface area contributed by atoms with E-state index in [9.17, 15) is 14.4 Å². The molecule has 0 saturated heterocycles. The molecule has 0 saturated carbocycles. The first kappa shape index (κ1) is 24.5. The van der Waals surface area contributed by atoms with Crippen molar-refractivity contribution in [3.8, 4) is 0 Å². The molecule has 0 aliphatic carbocycles. The SMILES string of the molecule is CCOC(=O)C1=C(C(=O)OCC)SC(=C2C(=S)C(C)(C)N(C(C)=O)c3ccc(C)cc32)S1. The molecule has 3 rings (SSSR count). The van der Waals surface area contributed by atoms with E-state index >= 15 is 0 Å². The van der Waals surface area contributed by atoms with E-state index in [1.54, 1.807) is 18.7 Å². The molecule has 0 bridgehead atoms. The van der Waals surface area contributed by atoms with E-state index < -0.39 is 17.5 Å². The molecule has 1 aromatic rings. The maximum absolute atomic E-state index is 12.6. The molecule has 0 fully saturated rings. The number of fused-ring (bicyclic) bond motifs is 1. The number of amides is 1. The highest BCUT2D eigenvalue weighted by molar-refractivity contribution is 8.29. The lowest BCUT2D eigenvalue weighted by Gasteiger charge is -2.45. The van der Waals surface area contributed by atoms with Gasteiger partial charge in [0.15, 0.2) is 0 Å². The number of nitrogens with zero attached hydrogens (tertiary/aromatic N) is 1. The summed E-state index contributed by atoms with van der Waals surface area (Å²) >= 11 is 8.23. The number of ether oxygens (including phenoxy) is 2. The van der Waals surface area contributed by atoms with Gasteiger partial charge >= 0.3 is 11.9 Å². The molecule has 6 nitrogen and oxygen atoms in total. The first-order valence-corrected chi connectivity index (χ1v) is 12.2. The fraction of sp³-hybridized carbons (Fsp3) is 0.391. The van der Waals surface area contributed by atoms with Crippen molar-refractivity contribution in [3.05, 3.63) is 43.4 Å². The number of benzene rings is 1. The van der Waals surface area contributed by atoms with E-state index in [1.807, 2.05) is 39.0 Å². The van der Waals surface area contributed by atoms with E-state index in [1.165, 1.54) is 30.4 Å². The predicted molar refractivity (Wildman–Crippen MR) is 133 cm³/mol. The van der Waals surface area contributed by atoms with Gasteiger partial charge in [0.05, 0.1) is 33.5 Å². The number of thiocarbonyl (C=S) groups is 1. The van der Waals surface area contributed by atoms with Crippen LogP contribution in [0.5, 0.6) is 0 Å². The van der Waals surface area contributed by atoms with Gasteiger partial charge in [-0.1, -0.05) is 47.4 Å². The molecule has 1 aromatic carbocycles. The Morgan fingerprint density at radius 1 is 1.03 bits per heavy atom. The van der Waals surface area contributed by atoms with E-state index in [0.29, 0.717) is 9.10 Å². The molecule has 0 atom stereocenters. The number of thioether (sulfide) groups is 2. The smallest absolute Gasteiger partial charge is 0.346 e. The molecule has 2 aliphatic heterocycles. The Morgan fingerprint density at radius 3 is 2.03 bits per heavy atom. The Bertz CT molecular complexity index is 1060. The third kappa shape index (κ3) is 4.25. The zero-order chi connectivity index (χ0) is 23.8. The van der Waals surface area contributed by atoms with Crippen molar-refractivity contribution in [2.45, 2.75) is 47.1 Å². The summed E-state index contributed by atoms with van der Waals surface area (Å²) in [6, 6.07) is 5.83. The summed E-state index contributed by atoms with van der Waals surface area (Å²) in [7, 11) is 0. The van der Waals surface area contributed by atoms with Crippen LogP contribution in [-0.2, 0) is 23.9 Å². The number of carbonyl (C=O) groups is 3. The van der Waals surface area contributed by atoms with Crippen LogP contribution in [0.2, 0.25) is 0 Å². The number of hydrogen-bond acceptors (Lipinski definition) is 8. The molecule has 2 aliphatic rings. The lowest BCUT2D eigenvalue weighted by atomic mass is 9.83. The Hall–Kier alpha value is -2.10. The fourth-order valence-corrected chi connectivity index (χ4v) is 6.69. The summed E-state index contributed by atoms with van der Waals surface area (Å²) in [5, 5.41) is 0. The zero-order valence-corrected chi connectivity index (χ0v) is 21.3. The molecule has 32 heavy (non-hydrogen) atoms. The second-order valence-corrected chi connectivity index (χ2v) is 10.4. The first-order valence-electron chi connectivity index (χ1n) is 10.2. The van der Waals surface area contributed by atoms with Gasteiger partial charge in [0.2, 0.25) is 5.91 Å². The third-order valence-corrected chi connectivity index (χ3v) is 8.30. The fourth-order valence-electron chi connectivity index (χ4n) is 3.70. The maximum atomic E-state index is 12.6. The molecule has 0 N–H and O–H groups in total. The van der Waals surface area contributed by atoms with Crippen LogP contribution in [-0.4, -0.2) is 41.5 Å². The number of esters is 2. The summed E-state index contributed by atoms with van der Waals surface area (Å²) in [5.74, 6) is -1.25. The molecule has 0 unspecified atom stereocenters. The lowest BCUT2D eigenvalue weighted by Crippen LogP contribution is -2.55. The van der Waals surface area contributed by atoms with Crippen LogP contribution >= 0.6 is 35.7 Å². The van der Waals surface area contributed by atoms with Gasteiger partial charge in [0, 0.05) is 18.1 Å². The minimum atomic E-state index is -0.774. The number of rotatable bonds is 4. The minimum Gasteiger partial charge on any atom is -0.462 e. The van der Waals surface area contributed by atoms with Crippen LogP contribution in [0, 0.1) is 6.92 Å². The van der Waals surface area contributed by atoms with Crippen molar-refractivity contribution in [2.24, 2.45) is 0 Å². The maximum Gasteiger partial charge on any atom is 0.346 e. The van der Waals surface area contributed by atoms with Crippen molar-refractivity contribution in [2.75, 3.05) is 18.1 Å². The van der Waals surface area contributed by atoms with Gasteiger partial charge in [-0.15, -0.1) is 0 Å². The van der Waals surface area contributed by atoms with Crippen molar-refractivity contribution < 1.29 is 23.9 Å². The number of anilines is 1. The van der Waals surface area contributed by atoms with Crippen molar-refractivity contribution in [3.63, 3.8) is 0 Å². The molecule has 0 radical (unpaired) electrons.